The zero-order valence-corrected chi connectivity index (χ0v) is 21.2. The van der Waals surface area contributed by atoms with Crippen molar-refractivity contribution in [3.05, 3.63) is 41.1 Å². The molecule has 1 amide bonds. The summed E-state index contributed by atoms with van der Waals surface area (Å²) in [5.74, 6) is 0.309. The summed E-state index contributed by atoms with van der Waals surface area (Å²) in [6.07, 6.45) is 4.17. The van der Waals surface area contributed by atoms with Crippen LogP contribution in [0.4, 0.5) is 0 Å². The van der Waals surface area contributed by atoms with Crippen LogP contribution in [0.3, 0.4) is 0 Å². The Morgan fingerprint density at radius 1 is 1.21 bits per heavy atom. The van der Waals surface area contributed by atoms with Crippen LogP contribution in [0.5, 0.6) is 0 Å². The zero-order chi connectivity index (χ0) is 24.4. The molecule has 2 aromatic rings. The van der Waals surface area contributed by atoms with Gasteiger partial charge in [-0.05, 0) is 45.6 Å². The first kappa shape index (κ1) is 26.9. The first-order valence-electron chi connectivity index (χ1n) is 11.8. The molecule has 1 aromatic heterocycles. The summed E-state index contributed by atoms with van der Waals surface area (Å²) in [6.45, 7) is 10.2. The summed E-state index contributed by atoms with van der Waals surface area (Å²) in [7, 11) is 0. The van der Waals surface area contributed by atoms with Gasteiger partial charge in [-0.2, -0.15) is 0 Å². The fourth-order valence-electron chi connectivity index (χ4n) is 3.60. The third kappa shape index (κ3) is 9.58. The summed E-state index contributed by atoms with van der Waals surface area (Å²) in [4.78, 5) is 24.9. The van der Waals surface area contributed by atoms with Crippen LogP contribution in [0, 0.1) is 11.8 Å². The molecule has 0 aliphatic carbocycles. The molecule has 7 heteroatoms. The van der Waals surface area contributed by atoms with Crippen LogP contribution in [0.2, 0.25) is 5.02 Å². The molecule has 0 unspecified atom stereocenters. The molecule has 0 aliphatic heterocycles. The lowest BCUT2D eigenvalue weighted by molar-refractivity contribution is -0.157. The molecule has 2 atom stereocenters. The molecule has 2 rings (SSSR count). The first-order valence-corrected chi connectivity index (χ1v) is 12.2. The second-order valence-electron chi connectivity index (χ2n) is 9.68. The van der Waals surface area contributed by atoms with Gasteiger partial charge in [0.1, 0.15) is 17.1 Å². The second-order valence-corrected chi connectivity index (χ2v) is 10.1. The zero-order valence-electron chi connectivity index (χ0n) is 20.4. The van der Waals surface area contributed by atoms with Gasteiger partial charge in [0.25, 0.3) is 0 Å². The summed E-state index contributed by atoms with van der Waals surface area (Å²) in [6, 6.07) is 9.45. The molecule has 33 heavy (non-hydrogen) atoms. The number of carbonyl (C=O) groups is 2. The SMILES string of the molecule is CCCC[C@H](CC(=O)OC(C)(C)C)C(=O)NCC[C@@H](C)Cc1cc(-c2ccccc2Cl)no1. The highest BCUT2D eigenvalue weighted by Gasteiger charge is 2.25. The summed E-state index contributed by atoms with van der Waals surface area (Å²) >= 11 is 6.24. The Balaban J connectivity index is 1.82. The van der Waals surface area contributed by atoms with Gasteiger partial charge < -0.3 is 14.6 Å². The topological polar surface area (TPSA) is 81.4 Å². The van der Waals surface area contributed by atoms with Crippen molar-refractivity contribution in [2.75, 3.05) is 6.54 Å². The maximum absolute atomic E-state index is 12.7. The molecule has 1 aromatic carbocycles. The van der Waals surface area contributed by atoms with Crippen molar-refractivity contribution < 1.29 is 18.8 Å². The molecule has 0 aliphatic rings. The average Bonchev–Trinajstić information content (AvgIpc) is 3.18. The van der Waals surface area contributed by atoms with Gasteiger partial charge in [-0.25, -0.2) is 0 Å². The maximum atomic E-state index is 12.7. The van der Waals surface area contributed by atoms with Crippen LogP contribution in [0.1, 0.15) is 72.5 Å². The maximum Gasteiger partial charge on any atom is 0.307 e. The highest BCUT2D eigenvalue weighted by molar-refractivity contribution is 6.33. The molecule has 0 fully saturated rings. The summed E-state index contributed by atoms with van der Waals surface area (Å²) in [5, 5.41) is 7.78. The highest BCUT2D eigenvalue weighted by Crippen LogP contribution is 2.27. The van der Waals surface area contributed by atoms with E-state index in [0.29, 0.717) is 24.4 Å². The van der Waals surface area contributed by atoms with Crippen LogP contribution >= 0.6 is 11.6 Å². The summed E-state index contributed by atoms with van der Waals surface area (Å²) in [5.41, 5.74) is 1.01. The van der Waals surface area contributed by atoms with E-state index in [0.717, 1.165) is 36.3 Å². The molecule has 0 spiro atoms. The number of aromatic nitrogens is 1. The van der Waals surface area contributed by atoms with Gasteiger partial charge in [0.05, 0.1) is 11.4 Å². The van der Waals surface area contributed by atoms with Gasteiger partial charge in [0.2, 0.25) is 5.91 Å². The largest absolute Gasteiger partial charge is 0.460 e. The Bertz CT molecular complexity index is 904. The lowest BCUT2D eigenvalue weighted by Crippen LogP contribution is -2.35. The van der Waals surface area contributed by atoms with Gasteiger partial charge in [0, 0.05) is 30.5 Å². The number of carbonyl (C=O) groups excluding carboxylic acids is 2. The van der Waals surface area contributed by atoms with Gasteiger partial charge >= 0.3 is 5.97 Å². The number of amides is 1. The van der Waals surface area contributed by atoms with E-state index in [1.807, 2.05) is 51.1 Å². The number of halogens is 1. The smallest absolute Gasteiger partial charge is 0.307 e. The number of unbranched alkanes of at least 4 members (excludes halogenated alkanes) is 1. The van der Waals surface area contributed by atoms with Crippen molar-refractivity contribution in [3.63, 3.8) is 0 Å². The minimum absolute atomic E-state index is 0.0813. The molecular weight excluding hydrogens is 440 g/mol. The Morgan fingerprint density at radius 3 is 2.61 bits per heavy atom. The number of benzene rings is 1. The fraction of sp³-hybridized carbons (Fsp3) is 0.577. The van der Waals surface area contributed by atoms with Gasteiger partial charge in [0.15, 0.2) is 0 Å². The molecular formula is C26H37ClN2O4. The van der Waals surface area contributed by atoms with E-state index >= 15 is 0 Å². The molecule has 0 radical (unpaired) electrons. The van der Waals surface area contributed by atoms with Gasteiger partial charge in [-0.3, -0.25) is 9.59 Å². The summed E-state index contributed by atoms with van der Waals surface area (Å²) < 4.78 is 10.9. The molecule has 6 nitrogen and oxygen atoms in total. The molecule has 0 saturated carbocycles. The van der Waals surface area contributed by atoms with E-state index < -0.39 is 5.60 Å². The van der Waals surface area contributed by atoms with E-state index in [9.17, 15) is 9.59 Å². The number of rotatable bonds is 12. The first-order chi connectivity index (χ1) is 15.6. The number of nitrogens with one attached hydrogen (secondary N) is 1. The van der Waals surface area contributed by atoms with Crippen LogP contribution in [0.25, 0.3) is 11.3 Å². The molecule has 0 saturated heterocycles. The lowest BCUT2D eigenvalue weighted by atomic mass is 9.96. The van der Waals surface area contributed by atoms with Crippen LogP contribution in [-0.2, 0) is 20.7 Å². The standard InChI is InChI=1S/C26H37ClN2O4/c1-6-7-10-19(16-24(30)32-26(3,4)5)25(31)28-14-13-18(2)15-20-17-23(29-33-20)21-11-8-9-12-22(21)27/h8-9,11-12,17-19H,6-7,10,13-16H2,1-5H3,(H,28,31)/t18-,19-/m1/s1. The van der Waals surface area contributed by atoms with E-state index in [4.69, 9.17) is 20.9 Å². The average molecular weight is 477 g/mol. The van der Waals surface area contributed by atoms with Crippen molar-refractivity contribution in [1.29, 1.82) is 0 Å². The number of hydrogen-bond acceptors (Lipinski definition) is 5. The predicted octanol–water partition coefficient (Wildman–Crippen LogP) is 6.22. The van der Waals surface area contributed by atoms with Crippen LogP contribution in [0.15, 0.2) is 34.9 Å². The molecule has 0 bridgehead atoms. The van der Waals surface area contributed by atoms with Crippen molar-refractivity contribution in [3.8, 4) is 11.3 Å². The minimum Gasteiger partial charge on any atom is -0.460 e. The minimum atomic E-state index is -0.551. The third-order valence-electron chi connectivity index (χ3n) is 5.30. The molecule has 1 N–H and O–H groups in total. The Kier molecular flexibility index (Phi) is 10.4. The third-order valence-corrected chi connectivity index (χ3v) is 5.63. The Hall–Kier alpha value is -2.34. The van der Waals surface area contributed by atoms with Crippen molar-refractivity contribution in [2.24, 2.45) is 11.8 Å². The van der Waals surface area contributed by atoms with E-state index in [1.54, 1.807) is 0 Å². The molecule has 182 valence electrons. The van der Waals surface area contributed by atoms with Crippen LogP contribution < -0.4 is 5.32 Å². The lowest BCUT2D eigenvalue weighted by Gasteiger charge is -2.22. The van der Waals surface area contributed by atoms with Crippen molar-refractivity contribution in [1.82, 2.24) is 10.5 Å². The Labute approximate surface area is 202 Å². The highest BCUT2D eigenvalue weighted by atomic mass is 35.5. The monoisotopic (exact) mass is 476 g/mol. The number of esters is 1. The number of ether oxygens (including phenoxy) is 1. The van der Waals surface area contributed by atoms with E-state index in [2.05, 4.69) is 24.3 Å². The predicted molar refractivity (Wildman–Crippen MR) is 131 cm³/mol. The van der Waals surface area contributed by atoms with Gasteiger partial charge in [-0.15, -0.1) is 0 Å². The van der Waals surface area contributed by atoms with Gasteiger partial charge in [-0.1, -0.05) is 61.6 Å². The Morgan fingerprint density at radius 2 is 1.94 bits per heavy atom. The van der Waals surface area contributed by atoms with Crippen molar-refractivity contribution in [2.45, 2.75) is 78.7 Å². The van der Waals surface area contributed by atoms with E-state index in [-0.39, 0.29) is 30.1 Å². The number of nitrogens with zero attached hydrogens (tertiary/aromatic N) is 1. The number of hydrogen-bond donors (Lipinski definition) is 1. The van der Waals surface area contributed by atoms with Crippen LogP contribution in [-0.4, -0.2) is 29.2 Å². The quantitative estimate of drug-likeness (QED) is 0.368. The molecule has 1 heterocycles. The normalized spacial score (nSPS) is 13.4. The second kappa shape index (κ2) is 12.8. The van der Waals surface area contributed by atoms with Crippen molar-refractivity contribution >= 4 is 23.5 Å². The fourth-order valence-corrected chi connectivity index (χ4v) is 3.83. The van der Waals surface area contributed by atoms with E-state index in [1.165, 1.54) is 0 Å².